The minimum atomic E-state index is -0.792. The van der Waals surface area contributed by atoms with Gasteiger partial charge in [-0.05, 0) is 76.2 Å². The van der Waals surface area contributed by atoms with E-state index in [1.54, 1.807) is 19.9 Å². The molecule has 4 aliphatic rings. The average Bonchev–Trinajstić information content (AvgIpc) is 2.91. The Kier molecular flexibility index (Phi) is 3.70. The highest BCUT2D eigenvalue weighted by Crippen LogP contribution is 2.55. The molecular formula is C19H25NO4. The van der Waals surface area contributed by atoms with Gasteiger partial charge in [-0.2, -0.15) is 0 Å². The predicted octanol–water partition coefficient (Wildman–Crippen LogP) is 3.22. The summed E-state index contributed by atoms with van der Waals surface area (Å²) in [6.45, 7) is 3.35. The normalized spacial score (nSPS) is 34.8. The predicted molar refractivity (Wildman–Crippen MR) is 87.4 cm³/mol. The number of amides is 1. The summed E-state index contributed by atoms with van der Waals surface area (Å²) >= 11 is 0. The Morgan fingerprint density at radius 2 is 1.79 bits per heavy atom. The van der Waals surface area contributed by atoms with Crippen LogP contribution in [0.15, 0.2) is 16.7 Å². The lowest BCUT2D eigenvalue weighted by Gasteiger charge is -2.57. The molecule has 0 unspecified atom stereocenters. The smallest absolute Gasteiger partial charge is 0.342 e. The van der Waals surface area contributed by atoms with Gasteiger partial charge in [0.1, 0.15) is 11.3 Å². The van der Waals surface area contributed by atoms with Gasteiger partial charge in [0.15, 0.2) is 6.10 Å². The molecule has 0 aromatic carbocycles. The fourth-order valence-corrected chi connectivity index (χ4v) is 5.50. The van der Waals surface area contributed by atoms with Crippen molar-refractivity contribution in [1.29, 1.82) is 0 Å². The second kappa shape index (κ2) is 5.64. The van der Waals surface area contributed by atoms with Gasteiger partial charge in [0.25, 0.3) is 5.91 Å². The summed E-state index contributed by atoms with van der Waals surface area (Å²) < 4.78 is 10.5. The molecule has 0 radical (unpaired) electrons. The molecule has 1 amide bonds. The summed E-state index contributed by atoms with van der Waals surface area (Å²) in [5, 5.41) is 3.25. The van der Waals surface area contributed by atoms with Crippen molar-refractivity contribution >= 4 is 11.9 Å². The summed E-state index contributed by atoms with van der Waals surface area (Å²) in [6.07, 6.45) is 7.93. The van der Waals surface area contributed by atoms with Crippen LogP contribution in [0, 0.1) is 24.7 Å². The molecule has 1 atom stereocenters. The van der Waals surface area contributed by atoms with Crippen LogP contribution in [-0.4, -0.2) is 23.5 Å². The van der Waals surface area contributed by atoms with E-state index in [1.165, 1.54) is 25.5 Å². The van der Waals surface area contributed by atoms with Crippen molar-refractivity contribution in [2.75, 3.05) is 0 Å². The number of furan rings is 1. The number of carbonyl (C=O) groups excluding carboxylic acids is 2. The van der Waals surface area contributed by atoms with Crippen molar-refractivity contribution in [3.63, 3.8) is 0 Å². The fraction of sp³-hybridized carbons (Fsp3) is 0.684. The first kappa shape index (κ1) is 15.7. The van der Waals surface area contributed by atoms with Crippen LogP contribution < -0.4 is 5.32 Å². The van der Waals surface area contributed by atoms with Crippen molar-refractivity contribution in [2.24, 2.45) is 17.8 Å². The summed E-state index contributed by atoms with van der Waals surface area (Å²) in [5.41, 5.74) is 0.322. The van der Waals surface area contributed by atoms with Crippen LogP contribution >= 0.6 is 0 Å². The highest BCUT2D eigenvalue weighted by Gasteiger charge is 2.51. The third-order valence-electron chi connectivity index (χ3n) is 6.16. The molecule has 0 aliphatic heterocycles. The Morgan fingerprint density at radius 1 is 1.21 bits per heavy atom. The van der Waals surface area contributed by atoms with Crippen LogP contribution in [0.3, 0.4) is 0 Å². The summed E-state index contributed by atoms with van der Waals surface area (Å²) in [5.74, 6) is 2.13. The van der Waals surface area contributed by atoms with Gasteiger partial charge in [-0.15, -0.1) is 0 Å². The van der Waals surface area contributed by atoms with E-state index in [0.29, 0.717) is 11.3 Å². The number of esters is 1. The third-order valence-corrected chi connectivity index (χ3v) is 6.16. The van der Waals surface area contributed by atoms with Gasteiger partial charge in [-0.3, -0.25) is 4.79 Å². The maximum atomic E-state index is 12.6. The Bertz CT molecular complexity index is 627. The van der Waals surface area contributed by atoms with Gasteiger partial charge in [0.05, 0.1) is 6.26 Å². The molecule has 130 valence electrons. The molecule has 5 rings (SSSR count). The molecule has 4 saturated carbocycles. The van der Waals surface area contributed by atoms with Gasteiger partial charge in [0, 0.05) is 5.54 Å². The molecule has 24 heavy (non-hydrogen) atoms. The van der Waals surface area contributed by atoms with E-state index in [1.807, 2.05) is 0 Å². The molecule has 1 heterocycles. The molecule has 1 N–H and O–H groups in total. The second-order valence-electron chi connectivity index (χ2n) is 8.13. The number of nitrogens with one attached hydrogen (secondary N) is 1. The van der Waals surface area contributed by atoms with Crippen LogP contribution in [-0.2, 0) is 9.53 Å². The lowest BCUT2D eigenvalue weighted by atomic mass is 9.53. The van der Waals surface area contributed by atoms with Crippen molar-refractivity contribution < 1.29 is 18.7 Å². The average molecular weight is 331 g/mol. The van der Waals surface area contributed by atoms with E-state index in [-0.39, 0.29) is 11.4 Å². The number of hydrogen-bond acceptors (Lipinski definition) is 4. The van der Waals surface area contributed by atoms with E-state index >= 15 is 0 Å². The Hall–Kier alpha value is -1.78. The molecule has 4 bridgehead atoms. The zero-order valence-corrected chi connectivity index (χ0v) is 14.3. The van der Waals surface area contributed by atoms with Gasteiger partial charge >= 0.3 is 5.97 Å². The second-order valence-corrected chi connectivity index (χ2v) is 8.13. The summed E-state index contributed by atoms with van der Waals surface area (Å²) in [6, 6.07) is 1.57. The first-order chi connectivity index (χ1) is 11.4. The molecule has 5 nitrogen and oxygen atoms in total. The number of aryl methyl sites for hydroxylation is 1. The number of carbonyl (C=O) groups is 2. The van der Waals surface area contributed by atoms with Crippen LogP contribution in [0.1, 0.15) is 61.6 Å². The third kappa shape index (κ3) is 2.74. The number of ether oxygens (including phenoxy) is 1. The van der Waals surface area contributed by atoms with Gasteiger partial charge in [0.2, 0.25) is 0 Å². The molecule has 4 fully saturated rings. The van der Waals surface area contributed by atoms with E-state index in [0.717, 1.165) is 37.0 Å². The van der Waals surface area contributed by atoms with E-state index in [4.69, 9.17) is 9.15 Å². The Balaban J connectivity index is 1.39. The monoisotopic (exact) mass is 331 g/mol. The highest BCUT2D eigenvalue weighted by molar-refractivity contribution is 5.93. The lowest BCUT2D eigenvalue weighted by Crippen LogP contribution is -2.61. The minimum Gasteiger partial charge on any atom is -0.469 e. The van der Waals surface area contributed by atoms with E-state index < -0.39 is 12.1 Å². The van der Waals surface area contributed by atoms with Gasteiger partial charge in [-0.25, -0.2) is 4.79 Å². The molecular weight excluding hydrogens is 306 g/mol. The highest BCUT2D eigenvalue weighted by atomic mass is 16.5. The van der Waals surface area contributed by atoms with Crippen LogP contribution in [0.5, 0.6) is 0 Å². The number of hydrogen-bond donors (Lipinski definition) is 1. The molecule has 1 aromatic rings. The van der Waals surface area contributed by atoms with Crippen molar-refractivity contribution in [2.45, 2.75) is 64.0 Å². The maximum Gasteiger partial charge on any atom is 0.342 e. The number of rotatable bonds is 4. The van der Waals surface area contributed by atoms with Crippen molar-refractivity contribution in [1.82, 2.24) is 5.32 Å². The van der Waals surface area contributed by atoms with Crippen molar-refractivity contribution in [3.8, 4) is 0 Å². The lowest BCUT2D eigenvalue weighted by molar-refractivity contribution is -0.134. The molecule has 1 aromatic heterocycles. The largest absolute Gasteiger partial charge is 0.469 e. The molecule has 0 saturated heterocycles. The summed E-state index contributed by atoms with van der Waals surface area (Å²) in [7, 11) is 0. The molecule has 0 spiro atoms. The first-order valence-corrected chi connectivity index (χ1v) is 9.01. The molecule has 5 heteroatoms. The van der Waals surface area contributed by atoms with Gasteiger partial charge in [-0.1, -0.05) is 0 Å². The summed E-state index contributed by atoms with van der Waals surface area (Å²) in [4.78, 5) is 24.7. The SMILES string of the molecule is Cc1occc1C(=O)O[C@@H](C)C(=O)NC12CC3CC(CC(C3)C1)C2. The fourth-order valence-electron chi connectivity index (χ4n) is 5.50. The molecule has 4 aliphatic carbocycles. The van der Waals surface area contributed by atoms with Crippen LogP contribution in [0.2, 0.25) is 0 Å². The minimum absolute atomic E-state index is 0.0575. The zero-order chi connectivity index (χ0) is 16.9. The first-order valence-electron chi connectivity index (χ1n) is 9.01. The Morgan fingerprint density at radius 3 is 2.29 bits per heavy atom. The van der Waals surface area contributed by atoms with E-state index in [2.05, 4.69) is 5.32 Å². The maximum absolute atomic E-state index is 12.6. The standard InChI is InChI=1S/C19H25NO4/c1-11-16(3-4-23-11)18(22)24-12(2)17(21)20-19-8-13-5-14(9-19)7-15(6-13)10-19/h3-4,12-15H,5-10H2,1-2H3,(H,20,21)/t12-,13?,14?,15?,19?/m0/s1. The Labute approximate surface area is 142 Å². The van der Waals surface area contributed by atoms with Crippen molar-refractivity contribution in [3.05, 3.63) is 23.7 Å². The van der Waals surface area contributed by atoms with Crippen LogP contribution in [0.4, 0.5) is 0 Å². The van der Waals surface area contributed by atoms with Gasteiger partial charge < -0.3 is 14.5 Å². The quantitative estimate of drug-likeness (QED) is 0.860. The topological polar surface area (TPSA) is 68.5 Å². The van der Waals surface area contributed by atoms with E-state index in [9.17, 15) is 9.59 Å². The van der Waals surface area contributed by atoms with Crippen LogP contribution in [0.25, 0.3) is 0 Å². The zero-order valence-electron chi connectivity index (χ0n) is 14.3.